The van der Waals surface area contributed by atoms with Crippen LogP contribution >= 0.6 is 0 Å². The maximum Gasteiger partial charge on any atom is 0.0926 e. The fraction of sp³-hybridized carbons (Fsp3) is 0.900. The van der Waals surface area contributed by atoms with Gasteiger partial charge in [-0.2, -0.15) is 0 Å². The van der Waals surface area contributed by atoms with Gasteiger partial charge in [0.25, 0.3) is 0 Å². The maximum atomic E-state index is 7.51. The van der Waals surface area contributed by atoms with Gasteiger partial charge in [-0.1, -0.05) is 6.92 Å². The molecular formula is C10H21N3. The third-order valence-corrected chi connectivity index (χ3v) is 3.00. The summed E-state index contributed by atoms with van der Waals surface area (Å²) >= 11 is 0. The minimum Gasteiger partial charge on any atom is -0.358 e. The molecule has 0 bridgehead atoms. The quantitative estimate of drug-likeness (QED) is 0.518. The first-order chi connectivity index (χ1) is 6.15. The van der Waals surface area contributed by atoms with Crippen LogP contribution in [0.4, 0.5) is 0 Å². The molecule has 1 rings (SSSR count). The van der Waals surface area contributed by atoms with Crippen LogP contribution in [-0.2, 0) is 0 Å². The second-order valence-electron chi connectivity index (χ2n) is 3.87. The first kappa shape index (κ1) is 10.5. The van der Waals surface area contributed by atoms with Gasteiger partial charge < -0.3 is 4.90 Å². The summed E-state index contributed by atoms with van der Waals surface area (Å²) in [5.41, 5.74) is 0. The molecule has 0 aliphatic carbocycles. The van der Waals surface area contributed by atoms with Crippen molar-refractivity contribution in [2.45, 2.75) is 33.2 Å². The molecule has 1 unspecified atom stereocenters. The van der Waals surface area contributed by atoms with Gasteiger partial charge in [-0.25, -0.2) is 0 Å². The smallest absolute Gasteiger partial charge is 0.0926 e. The lowest BCUT2D eigenvalue weighted by atomic mass is 10.2. The lowest BCUT2D eigenvalue weighted by molar-refractivity contribution is 0.137. The zero-order chi connectivity index (χ0) is 9.84. The van der Waals surface area contributed by atoms with Crippen molar-refractivity contribution in [2.75, 3.05) is 26.2 Å². The Kier molecular flexibility index (Phi) is 3.72. The standard InChI is InChI=1S/C10H21N3/c1-4-9(2)12-5-7-13(8-6-12)10(3)11/h9,11H,4-8H2,1-3H3. The third kappa shape index (κ3) is 2.69. The van der Waals surface area contributed by atoms with Crippen LogP contribution in [0.5, 0.6) is 0 Å². The molecule has 3 heteroatoms. The average Bonchev–Trinajstić information content (AvgIpc) is 2.17. The van der Waals surface area contributed by atoms with Crippen LogP contribution in [-0.4, -0.2) is 47.9 Å². The highest BCUT2D eigenvalue weighted by Crippen LogP contribution is 2.08. The molecule has 0 aromatic carbocycles. The second kappa shape index (κ2) is 4.61. The predicted octanol–water partition coefficient (Wildman–Crippen LogP) is 1.40. The maximum absolute atomic E-state index is 7.51. The van der Waals surface area contributed by atoms with E-state index in [2.05, 4.69) is 23.6 Å². The first-order valence-electron chi connectivity index (χ1n) is 5.19. The molecule has 1 fully saturated rings. The van der Waals surface area contributed by atoms with Crippen LogP contribution < -0.4 is 0 Å². The van der Waals surface area contributed by atoms with Crippen LogP contribution in [0, 0.1) is 5.41 Å². The van der Waals surface area contributed by atoms with Crippen molar-refractivity contribution in [3.8, 4) is 0 Å². The molecule has 0 aromatic rings. The molecular weight excluding hydrogens is 162 g/mol. The Morgan fingerprint density at radius 2 is 1.85 bits per heavy atom. The summed E-state index contributed by atoms with van der Waals surface area (Å²) in [4.78, 5) is 4.66. The highest BCUT2D eigenvalue weighted by Gasteiger charge is 2.19. The van der Waals surface area contributed by atoms with Gasteiger partial charge in [-0.05, 0) is 20.3 Å². The van der Waals surface area contributed by atoms with E-state index in [1.165, 1.54) is 6.42 Å². The Morgan fingerprint density at radius 1 is 1.31 bits per heavy atom. The number of hydrogen-bond acceptors (Lipinski definition) is 2. The first-order valence-corrected chi connectivity index (χ1v) is 5.19. The Labute approximate surface area is 81.2 Å². The Morgan fingerprint density at radius 3 is 2.23 bits per heavy atom. The Balaban J connectivity index is 2.34. The highest BCUT2D eigenvalue weighted by atomic mass is 15.3. The minimum absolute atomic E-state index is 0.702. The van der Waals surface area contributed by atoms with Crippen molar-refractivity contribution >= 4 is 5.84 Å². The molecule has 76 valence electrons. The monoisotopic (exact) mass is 183 g/mol. The van der Waals surface area contributed by atoms with E-state index in [0.29, 0.717) is 11.9 Å². The molecule has 0 spiro atoms. The normalized spacial score (nSPS) is 21.6. The third-order valence-electron chi connectivity index (χ3n) is 3.00. The van der Waals surface area contributed by atoms with Crippen LogP contribution in [0.3, 0.4) is 0 Å². The average molecular weight is 183 g/mol. The topological polar surface area (TPSA) is 30.3 Å². The molecule has 0 aromatic heterocycles. The number of piperazine rings is 1. The van der Waals surface area contributed by atoms with Crippen molar-refractivity contribution in [2.24, 2.45) is 0 Å². The summed E-state index contributed by atoms with van der Waals surface area (Å²) in [6.07, 6.45) is 1.23. The summed E-state index contributed by atoms with van der Waals surface area (Å²) < 4.78 is 0. The minimum atomic E-state index is 0.702. The number of hydrogen-bond donors (Lipinski definition) is 1. The predicted molar refractivity (Wildman–Crippen MR) is 56.3 cm³/mol. The van der Waals surface area contributed by atoms with Crippen molar-refractivity contribution < 1.29 is 0 Å². The van der Waals surface area contributed by atoms with Crippen molar-refractivity contribution in [1.29, 1.82) is 5.41 Å². The Bertz CT molecular complexity index is 171. The molecule has 1 saturated heterocycles. The summed E-state index contributed by atoms with van der Waals surface area (Å²) in [7, 11) is 0. The van der Waals surface area contributed by atoms with E-state index < -0.39 is 0 Å². The van der Waals surface area contributed by atoms with Crippen molar-refractivity contribution in [3.63, 3.8) is 0 Å². The van der Waals surface area contributed by atoms with E-state index in [0.717, 1.165) is 26.2 Å². The van der Waals surface area contributed by atoms with Crippen LogP contribution in [0.25, 0.3) is 0 Å². The van der Waals surface area contributed by atoms with Gasteiger partial charge in [0.15, 0.2) is 0 Å². The molecule has 0 amide bonds. The lowest BCUT2D eigenvalue weighted by Crippen LogP contribution is -2.50. The number of nitrogens with one attached hydrogen (secondary N) is 1. The molecule has 1 heterocycles. The van der Waals surface area contributed by atoms with Gasteiger partial charge >= 0.3 is 0 Å². The van der Waals surface area contributed by atoms with E-state index in [-0.39, 0.29) is 0 Å². The van der Waals surface area contributed by atoms with E-state index in [4.69, 9.17) is 5.41 Å². The fourth-order valence-electron chi connectivity index (χ4n) is 1.76. The van der Waals surface area contributed by atoms with Gasteiger partial charge in [0.2, 0.25) is 0 Å². The lowest BCUT2D eigenvalue weighted by Gasteiger charge is -2.38. The van der Waals surface area contributed by atoms with Gasteiger partial charge in [-0.15, -0.1) is 0 Å². The molecule has 3 nitrogen and oxygen atoms in total. The van der Waals surface area contributed by atoms with E-state index in [9.17, 15) is 0 Å². The van der Waals surface area contributed by atoms with E-state index >= 15 is 0 Å². The molecule has 1 aliphatic rings. The van der Waals surface area contributed by atoms with Gasteiger partial charge in [0, 0.05) is 32.2 Å². The van der Waals surface area contributed by atoms with Crippen LogP contribution in [0.15, 0.2) is 0 Å². The fourth-order valence-corrected chi connectivity index (χ4v) is 1.76. The molecule has 0 radical (unpaired) electrons. The summed E-state index contributed by atoms with van der Waals surface area (Å²) in [6, 6.07) is 0.702. The second-order valence-corrected chi connectivity index (χ2v) is 3.87. The molecule has 13 heavy (non-hydrogen) atoms. The molecule has 1 aliphatic heterocycles. The summed E-state index contributed by atoms with van der Waals surface area (Å²) in [5.74, 6) is 0.712. The highest BCUT2D eigenvalue weighted by molar-refractivity contribution is 5.76. The van der Waals surface area contributed by atoms with Crippen molar-refractivity contribution in [1.82, 2.24) is 9.80 Å². The number of amidine groups is 1. The summed E-state index contributed by atoms with van der Waals surface area (Å²) in [5, 5.41) is 7.51. The largest absolute Gasteiger partial charge is 0.358 e. The molecule has 1 atom stereocenters. The van der Waals surface area contributed by atoms with Gasteiger partial charge in [0.1, 0.15) is 0 Å². The molecule has 0 saturated carbocycles. The van der Waals surface area contributed by atoms with Crippen LogP contribution in [0.2, 0.25) is 0 Å². The van der Waals surface area contributed by atoms with E-state index in [1.807, 2.05) is 6.92 Å². The van der Waals surface area contributed by atoms with Crippen LogP contribution in [0.1, 0.15) is 27.2 Å². The number of nitrogens with zero attached hydrogens (tertiary/aromatic N) is 2. The zero-order valence-electron chi connectivity index (χ0n) is 9.01. The van der Waals surface area contributed by atoms with E-state index in [1.54, 1.807) is 0 Å². The molecule has 1 N–H and O–H groups in total. The SMILES string of the molecule is CCC(C)N1CCN(C(C)=N)CC1. The summed E-state index contributed by atoms with van der Waals surface area (Å²) in [6.45, 7) is 10.7. The Hall–Kier alpha value is -0.570. The zero-order valence-corrected chi connectivity index (χ0v) is 9.01. The van der Waals surface area contributed by atoms with Gasteiger partial charge in [0.05, 0.1) is 5.84 Å². The number of rotatable bonds is 2. The van der Waals surface area contributed by atoms with Gasteiger partial charge in [-0.3, -0.25) is 10.3 Å². The van der Waals surface area contributed by atoms with Crippen molar-refractivity contribution in [3.05, 3.63) is 0 Å².